The van der Waals surface area contributed by atoms with E-state index in [1.807, 2.05) is 22.7 Å². The van der Waals surface area contributed by atoms with Crippen LogP contribution in [-0.2, 0) is 0 Å². The standard InChI is InChI=1S/C20H18N2S3/c1-5-6-14-8-10-16(24-14)18-13(4)12(3)17(15-9-7-11(2)23-15)19-20(18)22-25-21-19/h5-10H,1-4H3/b6-5+. The van der Waals surface area contributed by atoms with Crippen LogP contribution in [0.3, 0.4) is 0 Å². The second-order valence-corrected chi connectivity index (χ2v) is 9.01. The molecule has 0 aliphatic carbocycles. The third-order valence-corrected chi connectivity index (χ3v) is 7.08. The minimum atomic E-state index is 1.03. The molecule has 0 amide bonds. The molecule has 3 heterocycles. The summed E-state index contributed by atoms with van der Waals surface area (Å²) in [6, 6.07) is 8.76. The van der Waals surface area contributed by atoms with Crippen LogP contribution in [-0.4, -0.2) is 8.75 Å². The van der Waals surface area contributed by atoms with E-state index >= 15 is 0 Å². The molecule has 0 unspecified atom stereocenters. The van der Waals surface area contributed by atoms with Gasteiger partial charge in [0.25, 0.3) is 0 Å². The first-order chi connectivity index (χ1) is 12.1. The summed E-state index contributed by atoms with van der Waals surface area (Å²) in [5, 5.41) is 0. The van der Waals surface area contributed by atoms with E-state index in [-0.39, 0.29) is 0 Å². The number of nitrogens with zero attached hydrogens (tertiary/aromatic N) is 2. The number of hydrogen-bond acceptors (Lipinski definition) is 5. The molecular weight excluding hydrogens is 364 g/mol. The molecule has 0 atom stereocenters. The topological polar surface area (TPSA) is 25.8 Å². The van der Waals surface area contributed by atoms with E-state index in [4.69, 9.17) is 0 Å². The van der Waals surface area contributed by atoms with Crippen molar-refractivity contribution in [2.45, 2.75) is 27.7 Å². The maximum absolute atomic E-state index is 4.67. The predicted octanol–water partition coefficient (Wildman–Crippen LogP) is 7.11. The van der Waals surface area contributed by atoms with Gasteiger partial charge >= 0.3 is 0 Å². The van der Waals surface area contributed by atoms with Crippen molar-refractivity contribution >= 4 is 51.5 Å². The molecule has 1 aromatic carbocycles. The lowest BCUT2D eigenvalue weighted by Gasteiger charge is -2.13. The first kappa shape index (κ1) is 16.6. The van der Waals surface area contributed by atoms with Gasteiger partial charge in [0.05, 0.1) is 11.7 Å². The van der Waals surface area contributed by atoms with Crippen molar-refractivity contribution in [3.8, 4) is 20.9 Å². The van der Waals surface area contributed by atoms with Gasteiger partial charge in [0, 0.05) is 30.6 Å². The fourth-order valence-corrected chi connectivity index (χ4v) is 5.77. The van der Waals surface area contributed by atoms with Crippen molar-refractivity contribution < 1.29 is 0 Å². The number of allylic oxidation sites excluding steroid dienone is 1. The molecule has 0 saturated heterocycles. The van der Waals surface area contributed by atoms with Gasteiger partial charge in [-0.05, 0) is 69.2 Å². The van der Waals surface area contributed by atoms with Crippen LogP contribution < -0.4 is 0 Å². The van der Waals surface area contributed by atoms with Gasteiger partial charge in [-0.1, -0.05) is 6.08 Å². The van der Waals surface area contributed by atoms with E-state index in [0.29, 0.717) is 0 Å². The molecule has 126 valence electrons. The zero-order valence-corrected chi connectivity index (χ0v) is 17.0. The highest BCUT2D eigenvalue weighted by molar-refractivity contribution is 7.16. The molecule has 5 heteroatoms. The van der Waals surface area contributed by atoms with Gasteiger partial charge in [0.15, 0.2) is 0 Å². The molecule has 2 nitrogen and oxygen atoms in total. The van der Waals surface area contributed by atoms with E-state index in [1.165, 1.54) is 53.5 Å². The first-order valence-corrected chi connectivity index (χ1v) is 10.5. The Morgan fingerprint density at radius 1 is 0.800 bits per heavy atom. The van der Waals surface area contributed by atoms with Gasteiger partial charge in [0.1, 0.15) is 11.0 Å². The highest BCUT2D eigenvalue weighted by atomic mass is 32.1. The summed E-state index contributed by atoms with van der Waals surface area (Å²) in [7, 11) is 0. The van der Waals surface area contributed by atoms with Crippen molar-refractivity contribution in [3.05, 3.63) is 51.2 Å². The van der Waals surface area contributed by atoms with E-state index in [1.54, 1.807) is 0 Å². The lowest BCUT2D eigenvalue weighted by atomic mass is 9.94. The Hall–Kier alpha value is -1.82. The molecule has 25 heavy (non-hydrogen) atoms. The number of aromatic nitrogens is 2. The van der Waals surface area contributed by atoms with Crippen molar-refractivity contribution in [2.75, 3.05) is 0 Å². The normalized spacial score (nSPS) is 11.8. The highest BCUT2D eigenvalue weighted by Crippen LogP contribution is 2.44. The minimum absolute atomic E-state index is 1.03. The molecule has 3 aromatic heterocycles. The van der Waals surface area contributed by atoms with Crippen molar-refractivity contribution in [3.63, 3.8) is 0 Å². The zero-order chi connectivity index (χ0) is 17.6. The molecule has 4 rings (SSSR count). The van der Waals surface area contributed by atoms with E-state index in [0.717, 1.165) is 11.0 Å². The molecule has 0 bridgehead atoms. The number of thiophene rings is 2. The van der Waals surface area contributed by atoms with Crippen LogP contribution >= 0.6 is 34.4 Å². The van der Waals surface area contributed by atoms with E-state index in [9.17, 15) is 0 Å². The predicted molar refractivity (Wildman–Crippen MR) is 113 cm³/mol. The van der Waals surface area contributed by atoms with Crippen LogP contribution in [0.5, 0.6) is 0 Å². The molecule has 4 aromatic rings. The van der Waals surface area contributed by atoms with Gasteiger partial charge in [0.2, 0.25) is 0 Å². The van der Waals surface area contributed by atoms with Crippen LogP contribution in [0, 0.1) is 20.8 Å². The van der Waals surface area contributed by atoms with Gasteiger partial charge < -0.3 is 0 Å². The first-order valence-electron chi connectivity index (χ1n) is 8.15. The van der Waals surface area contributed by atoms with Gasteiger partial charge in [-0.2, -0.15) is 8.75 Å². The Bertz CT molecular complexity index is 1100. The minimum Gasteiger partial charge on any atom is -0.172 e. The summed E-state index contributed by atoms with van der Waals surface area (Å²) >= 11 is 4.94. The van der Waals surface area contributed by atoms with Gasteiger partial charge in [-0.15, -0.1) is 22.7 Å². The van der Waals surface area contributed by atoms with Crippen LogP contribution in [0.1, 0.15) is 27.8 Å². The quantitative estimate of drug-likeness (QED) is 0.377. The second kappa shape index (κ2) is 6.48. The second-order valence-electron chi connectivity index (χ2n) is 6.07. The zero-order valence-electron chi connectivity index (χ0n) is 14.6. The van der Waals surface area contributed by atoms with Crippen LogP contribution in [0.15, 0.2) is 30.3 Å². The molecule has 0 fully saturated rings. The number of fused-ring (bicyclic) bond motifs is 1. The van der Waals surface area contributed by atoms with Gasteiger partial charge in [-0.25, -0.2) is 0 Å². The molecule has 0 aliphatic rings. The van der Waals surface area contributed by atoms with Crippen molar-refractivity contribution in [1.29, 1.82) is 0 Å². The summed E-state index contributed by atoms with van der Waals surface area (Å²) in [6.45, 7) is 8.62. The Kier molecular flexibility index (Phi) is 4.31. The lowest BCUT2D eigenvalue weighted by Crippen LogP contribution is -1.93. The number of hydrogen-bond donors (Lipinski definition) is 0. The van der Waals surface area contributed by atoms with E-state index < -0.39 is 0 Å². The Morgan fingerprint density at radius 3 is 1.96 bits per heavy atom. The average molecular weight is 383 g/mol. The third-order valence-electron chi connectivity index (χ3n) is 4.47. The van der Waals surface area contributed by atoms with Crippen LogP contribution in [0.2, 0.25) is 0 Å². The summed E-state index contributed by atoms with van der Waals surface area (Å²) in [5.41, 5.74) is 7.15. The van der Waals surface area contributed by atoms with Crippen LogP contribution in [0.25, 0.3) is 38.0 Å². The SMILES string of the molecule is C/C=C/c1ccc(-c2c(C)c(C)c(-c3ccc(C)s3)c3nsnc23)s1. The molecule has 0 spiro atoms. The Balaban J connectivity index is 2.01. The van der Waals surface area contributed by atoms with Crippen molar-refractivity contribution in [1.82, 2.24) is 8.75 Å². The van der Waals surface area contributed by atoms with Gasteiger partial charge in [-0.3, -0.25) is 0 Å². The molecule has 0 aliphatic heterocycles. The molecular formula is C20H18N2S3. The number of rotatable bonds is 3. The molecule has 0 N–H and O–H groups in total. The maximum Gasteiger partial charge on any atom is 0.114 e. The monoisotopic (exact) mass is 382 g/mol. The average Bonchev–Trinajstić information content (AvgIpc) is 3.31. The van der Waals surface area contributed by atoms with Crippen LogP contribution in [0.4, 0.5) is 0 Å². The summed E-state index contributed by atoms with van der Waals surface area (Å²) in [5.74, 6) is 0. The summed E-state index contributed by atoms with van der Waals surface area (Å²) in [6.07, 6.45) is 4.23. The summed E-state index contributed by atoms with van der Waals surface area (Å²) in [4.78, 5) is 5.13. The molecule has 0 radical (unpaired) electrons. The smallest absolute Gasteiger partial charge is 0.114 e. The maximum atomic E-state index is 4.67. The Labute approximate surface area is 159 Å². The number of aryl methyl sites for hydroxylation is 1. The summed E-state index contributed by atoms with van der Waals surface area (Å²) < 4.78 is 9.33. The van der Waals surface area contributed by atoms with Crippen molar-refractivity contribution in [2.24, 2.45) is 0 Å². The highest BCUT2D eigenvalue weighted by Gasteiger charge is 2.21. The Morgan fingerprint density at radius 2 is 1.40 bits per heavy atom. The van der Waals surface area contributed by atoms with E-state index in [2.05, 4.69) is 72.9 Å². The fourth-order valence-electron chi connectivity index (χ4n) is 3.16. The fraction of sp³-hybridized carbons (Fsp3) is 0.200. The number of benzene rings is 1. The largest absolute Gasteiger partial charge is 0.172 e. The molecule has 0 saturated carbocycles. The lowest BCUT2D eigenvalue weighted by molar-refractivity contribution is 1.36. The third kappa shape index (κ3) is 2.76.